The third-order valence-electron chi connectivity index (χ3n) is 5.83. The molecule has 1 aliphatic rings. The third kappa shape index (κ3) is 5.05. The normalized spacial score (nSPS) is 14.8. The molecule has 7 heteroatoms. The van der Waals surface area contributed by atoms with E-state index >= 15 is 0 Å². The summed E-state index contributed by atoms with van der Waals surface area (Å²) >= 11 is 1.67. The van der Waals surface area contributed by atoms with E-state index in [9.17, 15) is 4.79 Å². The fraction of sp³-hybridized carbons (Fsp3) is 0.400. The summed E-state index contributed by atoms with van der Waals surface area (Å²) in [5.41, 5.74) is 4.23. The highest BCUT2D eigenvalue weighted by Crippen LogP contribution is 2.28. The molecule has 0 unspecified atom stereocenters. The molecule has 168 valence electrons. The van der Waals surface area contributed by atoms with Gasteiger partial charge in [-0.25, -0.2) is 0 Å². The fourth-order valence-electron chi connectivity index (χ4n) is 3.77. The molecule has 0 radical (unpaired) electrons. The van der Waals surface area contributed by atoms with Crippen molar-refractivity contribution in [3.8, 4) is 5.69 Å². The van der Waals surface area contributed by atoms with Crippen LogP contribution in [0.2, 0.25) is 0 Å². The van der Waals surface area contributed by atoms with Crippen LogP contribution in [0.1, 0.15) is 47.1 Å². The minimum absolute atomic E-state index is 0.123. The predicted octanol–water partition coefficient (Wildman–Crippen LogP) is 4.38. The average Bonchev–Trinajstić information content (AvgIpc) is 3.23. The van der Waals surface area contributed by atoms with Crippen molar-refractivity contribution in [3.05, 3.63) is 71.0 Å². The van der Waals surface area contributed by atoms with Crippen molar-refractivity contribution in [1.29, 1.82) is 0 Å². The molecule has 2 heterocycles. The Labute approximate surface area is 194 Å². The number of amides is 1. The van der Waals surface area contributed by atoms with Crippen LogP contribution in [0.4, 0.5) is 0 Å². The second-order valence-electron chi connectivity index (χ2n) is 8.75. The summed E-state index contributed by atoms with van der Waals surface area (Å²) in [7, 11) is 2.10. The summed E-state index contributed by atoms with van der Waals surface area (Å²) in [6.07, 6.45) is 0. The van der Waals surface area contributed by atoms with E-state index in [1.165, 1.54) is 5.56 Å². The first-order valence-corrected chi connectivity index (χ1v) is 12.1. The number of piperazine rings is 1. The van der Waals surface area contributed by atoms with Gasteiger partial charge in [-0.3, -0.25) is 9.36 Å². The summed E-state index contributed by atoms with van der Waals surface area (Å²) in [5.74, 6) is 2.13. The van der Waals surface area contributed by atoms with Crippen LogP contribution < -0.4 is 0 Å². The lowest BCUT2D eigenvalue weighted by Gasteiger charge is -2.32. The highest BCUT2D eigenvalue weighted by molar-refractivity contribution is 7.98. The number of thioether (sulfide) groups is 1. The van der Waals surface area contributed by atoms with E-state index in [1.54, 1.807) is 11.8 Å². The van der Waals surface area contributed by atoms with Crippen LogP contribution in [0.15, 0.2) is 53.7 Å². The lowest BCUT2D eigenvalue weighted by molar-refractivity contribution is 0.0664. The molecule has 0 N–H and O–H groups in total. The summed E-state index contributed by atoms with van der Waals surface area (Å²) in [6.45, 7) is 9.81. The second-order valence-corrected chi connectivity index (χ2v) is 9.69. The van der Waals surface area contributed by atoms with E-state index in [1.807, 2.05) is 29.2 Å². The summed E-state index contributed by atoms with van der Waals surface area (Å²) < 4.78 is 2.15. The van der Waals surface area contributed by atoms with Crippen molar-refractivity contribution >= 4 is 17.7 Å². The lowest BCUT2D eigenvalue weighted by Crippen LogP contribution is -2.47. The first kappa shape index (κ1) is 22.6. The van der Waals surface area contributed by atoms with Crippen LogP contribution in [0.25, 0.3) is 5.69 Å². The first-order chi connectivity index (χ1) is 15.4. The van der Waals surface area contributed by atoms with Gasteiger partial charge in [0.25, 0.3) is 5.91 Å². The van der Waals surface area contributed by atoms with Gasteiger partial charge in [0.1, 0.15) is 5.82 Å². The van der Waals surface area contributed by atoms with Crippen LogP contribution in [-0.4, -0.2) is 63.7 Å². The molecule has 6 nitrogen and oxygen atoms in total. The van der Waals surface area contributed by atoms with Crippen molar-refractivity contribution in [2.45, 2.75) is 37.6 Å². The molecule has 1 aliphatic heterocycles. The van der Waals surface area contributed by atoms with Gasteiger partial charge in [0.05, 0.1) is 0 Å². The Morgan fingerprint density at radius 1 is 0.969 bits per heavy atom. The van der Waals surface area contributed by atoms with Crippen LogP contribution in [0.3, 0.4) is 0 Å². The van der Waals surface area contributed by atoms with Gasteiger partial charge in [-0.1, -0.05) is 55.4 Å². The standard InChI is InChI=1S/C25H31N5OS/c1-18(2)23-26-27-25(30(23)22-11-5-19(3)6-12-22)32-17-20-7-9-21(10-8-20)24(31)29-15-13-28(4)14-16-29/h5-12,18H,13-17H2,1-4H3. The average molecular weight is 450 g/mol. The van der Waals surface area contributed by atoms with Gasteiger partial charge < -0.3 is 9.80 Å². The van der Waals surface area contributed by atoms with Crippen molar-refractivity contribution in [1.82, 2.24) is 24.6 Å². The number of benzene rings is 2. The van der Waals surface area contributed by atoms with E-state index in [0.29, 0.717) is 0 Å². The molecule has 3 aromatic rings. The summed E-state index contributed by atoms with van der Waals surface area (Å²) in [6, 6.07) is 16.5. The zero-order valence-electron chi connectivity index (χ0n) is 19.3. The zero-order valence-corrected chi connectivity index (χ0v) is 20.1. The lowest BCUT2D eigenvalue weighted by atomic mass is 10.1. The maximum absolute atomic E-state index is 12.8. The van der Waals surface area contributed by atoms with Gasteiger partial charge in [-0.2, -0.15) is 0 Å². The number of aromatic nitrogens is 3. The van der Waals surface area contributed by atoms with E-state index in [4.69, 9.17) is 0 Å². The molecule has 4 rings (SSSR count). The molecule has 0 atom stereocenters. The summed E-state index contributed by atoms with van der Waals surface area (Å²) in [4.78, 5) is 17.0. The molecule has 0 saturated carbocycles. The number of hydrogen-bond donors (Lipinski definition) is 0. The number of likely N-dealkylation sites (N-methyl/N-ethyl adjacent to an activating group) is 1. The van der Waals surface area contributed by atoms with Crippen molar-refractivity contribution < 1.29 is 4.79 Å². The fourth-order valence-corrected chi connectivity index (χ4v) is 4.68. The van der Waals surface area contributed by atoms with Gasteiger partial charge in [0, 0.05) is 49.1 Å². The van der Waals surface area contributed by atoms with Crippen molar-refractivity contribution in [2.75, 3.05) is 33.2 Å². The number of carbonyl (C=O) groups excluding carboxylic acids is 1. The van der Waals surface area contributed by atoms with Gasteiger partial charge in [0.15, 0.2) is 5.16 Å². The highest BCUT2D eigenvalue weighted by atomic mass is 32.2. The molecule has 0 bridgehead atoms. The number of aryl methyl sites for hydroxylation is 1. The number of nitrogens with zero attached hydrogens (tertiary/aromatic N) is 5. The molecule has 32 heavy (non-hydrogen) atoms. The molecule has 1 fully saturated rings. The van der Waals surface area contributed by atoms with Crippen molar-refractivity contribution in [2.24, 2.45) is 0 Å². The SMILES string of the molecule is Cc1ccc(-n2c(SCc3ccc(C(=O)N4CCN(C)CC4)cc3)nnc2C(C)C)cc1. The first-order valence-electron chi connectivity index (χ1n) is 11.1. The molecular weight excluding hydrogens is 418 g/mol. The van der Waals surface area contributed by atoms with Crippen LogP contribution >= 0.6 is 11.8 Å². The Morgan fingerprint density at radius 2 is 1.62 bits per heavy atom. The van der Waals surface area contributed by atoms with Gasteiger partial charge in [-0.15, -0.1) is 10.2 Å². The number of carbonyl (C=O) groups is 1. The smallest absolute Gasteiger partial charge is 0.253 e. The minimum atomic E-state index is 0.123. The van der Waals surface area contributed by atoms with E-state index in [-0.39, 0.29) is 11.8 Å². The molecule has 0 aliphatic carbocycles. The Morgan fingerprint density at radius 3 is 2.25 bits per heavy atom. The number of hydrogen-bond acceptors (Lipinski definition) is 5. The minimum Gasteiger partial charge on any atom is -0.336 e. The Hall–Kier alpha value is -2.64. The van der Waals surface area contributed by atoms with Gasteiger partial charge >= 0.3 is 0 Å². The highest BCUT2D eigenvalue weighted by Gasteiger charge is 2.20. The largest absolute Gasteiger partial charge is 0.336 e. The molecule has 1 aromatic heterocycles. The zero-order chi connectivity index (χ0) is 22.7. The Bertz CT molecular complexity index is 1050. The topological polar surface area (TPSA) is 54.3 Å². The van der Waals surface area contributed by atoms with E-state index in [2.05, 4.69) is 71.7 Å². The molecule has 1 amide bonds. The molecular formula is C25H31N5OS. The number of rotatable bonds is 6. The monoisotopic (exact) mass is 449 g/mol. The van der Waals surface area contributed by atoms with Gasteiger partial charge in [0.2, 0.25) is 0 Å². The maximum Gasteiger partial charge on any atom is 0.253 e. The maximum atomic E-state index is 12.8. The molecule has 2 aromatic carbocycles. The van der Waals surface area contributed by atoms with Gasteiger partial charge in [-0.05, 0) is 43.8 Å². The molecule has 1 saturated heterocycles. The summed E-state index contributed by atoms with van der Waals surface area (Å²) in [5, 5.41) is 9.82. The van der Waals surface area contributed by atoms with Crippen LogP contribution in [0, 0.1) is 6.92 Å². The second kappa shape index (κ2) is 9.88. The van der Waals surface area contributed by atoms with E-state index in [0.717, 1.165) is 59.7 Å². The third-order valence-corrected chi connectivity index (χ3v) is 6.83. The Balaban J connectivity index is 1.46. The molecule has 0 spiro atoms. The van der Waals surface area contributed by atoms with E-state index < -0.39 is 0 Å². The van der Waals surface area contributed by atoms with Crippen LogP contribution in [0.5, 0.6) is 0 Å². The Kier molecular flexibility index (Phi) is 6.96. The quantitative estimate of drug-likeness (QED) is 0.523. The van der Waals surface area contributed by atoms with Crippen molar-refractivity contribution in [3.63, 3.8) is 0 Å². The van der Waals surface area contributed by atoms with Crippen LogP contribution in [-0.2, 0) is 5.75 Å². The predicted molar refractivity (Wildman–Crippen MR) is 130 cm³/mol.